The summed E-state index contributed by atoms with van der Waals surface area (Å²) in [6.07, 6.45) is 3.05. The molecule has 118 valence electrons. The standard InChI is InChI=1S/C18H16ClNO3/c1-2-3-10-22-18(21)13(12-20)11-14-8-9-17(23-14)15-6-4-5-7-16(15)19/h4-9,11H,2-3,10H2,1H3/b13-11+. The highest BCUT2D eigenvalue weighted by molar-refractivity contribution is 6.33. The van der Waals surface area contributed by atoms with Gasteiger partial charge in [-0.15, -0.1) is 0 Å². The highest BCUT2D eigenvalue weighted by Crippen LogP contribution is 2.29. The molecule has 0 aliphatic carbocycles. The van der Waals surface area contributed by atoms with E-state index in [1.54, 1.807) is 18.2 Å². The third-order valence-corrected chi connectivity index (χ3v) is 3.45. The quantitative estimate of drug-likeness (QED) is 0.329. The summed E-state index contributed by atoms with van der Waals surface area (Å²) in [5.74, 6) is 0.319. The fourth-order valence-corrected chi connectivity index (χ4v) is 2.13. The van der Waals surface area contributed by atoms with E-state index in [2.05, 4.69) is 0 Å². The molecule has 0 unspecified atom stereocenters. The number of hydrogen-bond donors (Lipinski definition) is 0. The largest absolute Gasteiger partial charge is 0.462 e. The molecule has 5 heteroatoms. The van der Waals surface area contributed by atoms with E-state index in [0.29, 0.717) is 23.2 Å². The van der Waals surface area contributed by atoms with Crippen molar-refractivity contribution in [3.8, 4) is 17.4 Å². The molecule has 0 N–H and O–H groups in total. The zero-order valence-electron chi connectivity index (χ0n) is 12.7. The van der Waals surface area contributed by atoms with E-state index in [4.69, 9.17) is 26.0 Å². The Morgan fingerprint density at radius 2 is 2.13 bits per heavy atom. The molecule has 0 aliphatic heterocycles. The first-order valence-corrected chi connectivity index (χ1v) is 7.67. The van der Waals surface area contributed by atoms with Gasteiger partial charge < -0.3 is 9.15 Å². The number of nitrogens with zero attached hydrogens (tertiary/aromatic N) is 1. The summed E-state index contributed by atoms with van der Waals surface area (Å²) in [7, 11) is 0. The third kappa shape index (κ3) is 4.48. The molecular weight excluding hydrogens is 314 g/mol. The molecule has 2 aromatic rings. The minimum atomic E-state index is -0.642. The average molecular weight is 330 g/mol. The summed E-state index contributed by atoms with van der Waals surface area (Å²) >= 11 is 6.12. The summed E-state index contributed by atoms with van der Waals surface area (Å²) in [6.45, 7) is 2.30. The van der Waals surface area contributed by atoms with Gasteiger partial charge in [0, 0.05) is 11.6 Å². The van der Waals surface area contributed by atoms with E-state index >= 15 is 0 Å². The molecule has 0 saturated carbocycles. The molecule has 0 amide bonds. The number of esters is 1. The van der Waals surface area contributed by atoms with Gasteiger partial charge in [-0.25, -0.2) is 4.79 Å². The molecule has 1 heterocycles. The first-order valence-electron chi connectivity index (χ1n) is 7.29. The van der Waals surface area contributed by atoms with Crippen molar-refractivity contribution in [1.82, 2.24) is 0 Å². The van der Waals surface area contributed by atoms with E-state index in [-0.39, 0.29) is 5.57 Å². The van der Waals surface area contributed by atoms with Gasteiger partial charge in [0.15, 0.2) is 0 Å². The van der Waals surface area contributed by atoms with Gasteiger partial charge in [-0.05, 0) is 30.7 Å². The summed E-state index contributed by atoms with van der Waals surface area (Å²) < 4.78 is 10.7. The van der Waals surface area contributed by atoms with Gasteiger partial charge in [-0.3, -0.25) is 0 Å². The number of rotatable bonds is 6. The Hall–Kier alpha value is -2.51. The van der Waals surface area contributed by atoms with Crippen molar-refractivity contribution >= 4 is 23.6 Å². The zero-order chi connectivity index (χ0) is 16.7. The van der Waals surface area contributed by atoms with Crippen molar-refractivity contribution in [2.24, 2.45) is 0 Å². The number of nitriles is 1. The van der Waals surface area contributed by atoms with Gasteiger partial charge in [0.05, 0.1) is 11.6 Å². The SMILES string of the molecule is CCCCOC(=O)/C(C#N)=C/c1ccc(-c2ccccc2Cl)o1. The average Bonchev–Trinajstić information content (AvgIpc) is 3.01. The summed E-state index contributed by atoms with van der Waals surface area (Å²) in [4.78, 5) is 11.8. The van der Waals surface area contributed by atoms with E-state index < -0.39 is 5.97 Å². The Morgan fingerprint density at radius 3 is 2.83 bits per heavy atom. The van der Waals surface area contributed by atoms with Gasteiger partial charge in [0.2, 0.25) is 0 Å². The Balaban J connectivity index is 2.17. The summed E-state index contributed by atoms with van der Waals surface area (Å²) in [6, 6.07) is 12.5. The van der Waals surface area contributed by atoms with Crippen molar-refractivity contribution in [1.29, 1.82) is 5.26 Å². The second kappa shape index (κ2) is 8.21. The fraction of sp³-hybridized carbons (Fsp3) is 0.222. The number of carbonyl (C=O) groups excluding carboxylic acids is 1. The van der Waals surface area contributed by atoms with Crippen LogP contribution in [-0.4, -0.2) is 12.6 Å². The van der Waals surface area contributed by atoms with Crippen molar-refractivity contribution in [2.45, 2.75) is 19.8 Å². The number of benzene rings is 1. The van der Waals surface area contributed by atoms with Crippen molar-refractivity contribution in [3.63, 3.8) is 0 Å². The second-order valence-electron chi connectivity index (χ2n) is 4.84. The molecule has 0 radical (unpaired) electrons. The summed E-state index contributed by atoms with van der Waals surface area (Å²) in [5.41, 5.74) is 0.652. The van der Waals surface area contributed by atoms with Crippen molar-refractivity contribution in [3.05, 3.63) is 52.8 Å². The van der Waals surface area contributed by atoms with Crippen LogP contribution < -0.4 is 0 Å². The molecule has 0 atom stereocenters. The van der Waals surface area contributed by atoms with Gasteiger partial charge in [0.25, 0.3) is 0 Å². The Morgan fingerprint density at radius 1 is 1.35 bits per heavy atom. The lowest BCUT2D eigenvalue weighted by Crippen LogP contribution is -2.07. The summed E-state index contributed by atoms with van der Waals surface area (Å²) in [5, 5.41) is 9.67. The Bertz CT molecular complexity index is 756. The van der Waals surface area contributed by atoms with Crippen LogP contribution in [0.1, 0.15) is 25.5 Å². The van der Waals surface area contributed by atoms with Crippen LogP contribution in [0.15, 0.2) is 46.4 Å². The predicted octanol–water partition coefficient (Wildman–Crippen LogP) is 4.85. The Kier molecular flexibility index (Phi) is 6.02. The monoisotopic (exact) mass is 329 g/mol. The molecule has 23 heavy (non-hydrogen) atoms. The zero-order valence-corrected chi connectivity index (χ0v) is 13.5. The van der Waals surface area contributed by atoms with Crippen LogP contribution in [0, 0.1) is 11.3 Å². The lowest BCUT2D eigenvalue weighted by molar-refractivity contribution is -0.138. The van der Waals surface area contributed by atoms with Crippen molar-refractivity contribution < 1.29 is 13.9 Å². The van der Waals surface area contributed by atoms with Gasteiger partial charge in [-0.1, -0.05) is 37.1 Å². The first-order chi connectivity index (χ1) is 11.2. The van der Waals surface area contributed by atoms with Crippen molar-refractivity contribution in [2.75, 3.05) is 6.61 Å². The molecule has 1 aromatic heterocycles. The maximum atomic E-state index is 11.8. The first kappa shape index (κ1) is 16.9. The number of ether oxygens (including phenoxy) is 1. The topological polar surface area (TPSA) is 63.2 Å². The smallest absolute Gasteiger partial charge is 0.349 e. The lowest BCUT2D eigenvalue weighted by Gasteiger charge is -2.02. The lowest BCUT2D eigenvalue weighted by atomic mass is 10.2. The van der Waals surface area contributed by atoms with Crippen LogP contribution in [-0.2, 0) is 9.53 Å². The highest BCUT2D eigenvalue weighted by atomic mass is 35.5. The molecule has 1 aromatic carbocycles. The molecule has 0 bridgehead atoms. The fourth-order valence-electron chi connectivity index (χ4n) is 1.90. The maximum absolute atomic E-state index is 11.8. The van der Waals surface area contributed by atoms with Crippen LogP contribution >= 0.6 is 11.6 Å². The third-order valence-electron chi connectivity index (χ3n) is 3.12. The minimum Gasteiger partial charge on any atom is -0.462 e. The molecule has 2 rings (SSSR count). The number of carbonyl (C=O) groups is 1. The second-order valence-corrected chi connectivity index (χ2v) is 5.25. The minimum absolute atomic E-state index is 0.0961. The number of furan rings is 1. The molecule has 0 aliphatic rings. The Labute approximate surface area is 139 Å². The van der Waals surface area contributed by atoms with E-state index in [9.17, 15) is 4.79 Å². The van der Waals surface area contributed by atoms with Gasteiger partial charge >= 0.3 is 5.97 Å². The normalized spacial score (nSPS) is 11.1. The van der Waals surface area contributed by atoms with Crippen LogP contribution in [0.2, 0.25) is 5.02 Å². The van der Waals surface area contributed by atoms with Crippen LogP contribution in [0.25, 0.3) is 17.4 Å². The molecule has 0 fully saturated rings. The number of halogens is 1. The van der Waals surface area contributed by atoms with Gasteiger partial charge in [-0.2, -0.15) is 5.26 Å². The molecular formula is C18H16ClNO3. The van der Waals surface area contributed by atoms with Crippen LogP contribution in [0.4, 0.5) is 0 Å². The molecule has 4 nitrogen and oxygen atoms in total. The molecule has 0 spiro atoms. The van der Waals surface area contributed by atoms with Crippen LogP contribution in [0.3, 0.4) is 0 Å². The highest BCUT2D eigenvalue weighted by Gasteiger charge is 2.13. The van der Waals surface area contributed by atoms with Crippen LogP contribution in [0.5, 0.6) is 0 Å². The number of hydrogen-bond acceptors (Lipinski definition) is 4. The molecule has 0 saturated heterocycles. The van der Waals surface area contributed by atoms with E-state index in [0.717, 1.165) is 18.4 Å². The predicted molar refractivity (Wildman–Crippen MR) is 88.6 cm³/mol. The van der Waals surface area contributed by atoms with E-state index in [1.165, 1.54) is 6.08 Å². The number of unbranched alkanes of at least 4 members (excludes halogenated alkanes) is 1. The van der Waals surface area contributed by atoms with E-state index in [1.807, 2.05) is 31.2 Å². The maximum Gasteiger partial charge on any atom is 0.349 e. The van der Waals surface area contributed by atoms with Gasteiger partial charge in [0.1, 0.15) is 23.2 Å².